The van der Waals surface area contributed by atoms with Crippen LogP contribution in [0.2, 0.25) is 0 Å². The van der Waals surface area contributed by atoms with Crippen LogP contribution in [0.1, 0.15) is 31.5 Å². The highest BCUT2D eigenvalue weighted by Gasteiger charge is 2.13. The highest BCUT2D eigenvalue weighted by molar-refractivity contribution is 7.09. The van der Waals surface area contributed by atoms with E-state index < -0.39 is 0 Å². The number of nitrogens with one attached hydrogen (secondary N) is 2. The minimum Gasteiger partial charge on any atom is -0.370 e. The zero-order valence-corrected chi connectivity index (χ0v) is 10.2. The van der Waals surface area contributed by atoms with E-state index in [9.17, 15) is 0 Å². The number of hydrogen-bond donors (Lipinski definition) is 3. The van der Waals surface area contributed by atoms with Gasteiger partial charge in [-0.25, -0.2) is 4.98 Å². The molecule has 15 heavy (non-hydrogen) atoms. The van der Waals surface area contributed by atoms with Crippen LogP contribution in [0.4, 0.5) is 0 Å². The van der Waals surface area contributed by atoms with Crippen molar-refractivity contribution in [2.75, 3.05) is 0 Å². The van der Waals surface area contributed by atoms with Gasteiger partial charge in [0.05, 0.1) is 12.2 Å². The molecule has 1 aromatic heterocycles. The lowest BCUT2D eigenvalue weighted by molar-refractivity contribution is 0.407. The minimum absolute atomic E-state index is 0.0115. The van der Waals surface area contributed by atoms with Crippen LogP contribution in [0, 0.1) is 10.8 Å². The predicted octanol–water partition coefficient (Wildman–Crippen LogP) is 1.71. The van der Waals surface area contributed by atoms with E-state index in [2.05, 4.69) is 36.5 Å². The van der Waals surface area contributed by atoms with Crippen molar-refractivity contribution in [3.05, 3.63) is 16.1 Å². The van der Waals surface area contributed by atoms with Crippen LogP contribution in [0.15, 0.2) is 5.38 Å². The lowest BCUT2D eigenvalue weighted by atomic mass is 9.91. The van der Waals surface area contributed by atoms with Crippen molar-refractivity contribution >= 4 is 17.3 Å². The van der Waals surface area contributed by atoms with Gasteiger partial charge in [-0.2, -0.15) is 0 Å². The van der Waals surface area contributed by atoms with Crippen molar-refractivity contribution in [2.45, 2.75) is 33.7 Å². The second kappa shape index (κ2) is 4.61. The van der Waals surface area contributed by atoms with Crippen LogP contribution in [-0.4, -0.2) is 10.9 Å². The molecule has 5 heteroatoms. The summed E-state index contributed by atoms with van der Waals surface area (Å²) in [6, 6.07) is 0. The minimum atomic E-state index is -0.0115. The van der Waals surface area contributed by atoms with Crippen molar-refractivity contribution in [3.63, 3.8) is 0 Å². The molecule has 0 radical (unpaired) electrons. The largest absolute Gasteiger partial charge is 0.370 e. The van der Waals surface area contributed by atoms with E-state index in [4.69, 9.17) is 11.1 Å². The number of rotatable bonds is 3. The molecule has 0 fully saturated rings. The summed E-state index contributed by atoms with van der Waals surface area (Å²) in [5, 5.41) is 12.8. The van der Waals surface area contributed by atoms with Gasteiger partial charge in [0.1, 0.15) is 5.01 Å². The molecule has 1 heterocycles. The number of aromatic nitrogens is 1. The maximum Gasteiger partial charge on any atom is 0.186 e. The van der Waals surface area contributed by atoms with E-state index in [1.165, 1.54) is 0 Å². The van der Waals surface area contributed by atoms with Crippen LogP contribution in [0.3, 0.4) is 0 Å². The van der Waals surface area contributed by atoms with Crippen LogP contribution >= 0.6 is 11.3 Å². The zero-order chi connectivity index (χ0) is 11.5. The van der Waals surface area contributed by atoms with Gasteiger partial charge in [0.25, 0.3) is 0 Å². The molecular formula is C10H18N4S. The Morgan fingerprint density at radius 2 is 2.27 bits per heavy atom. The molecule has 0 aromatic carbocycles. The Hall–Kier alpha value is -1.10. The first-order valence-corrected chi connectivity index (χ1v) is 5.76. The molecule has 0 saturated carbocycles. The van der Waals surface area contributed by atoms with Gasteiger partial charge in [0.15, 0.2) is 5.96 Å². The fourth-order valence-corrected chi connectivity index (χ4v) is 1.96. The first-order valence-electron chi connectivity index (χ1n) is 4.88. The topological polar surface area (TPSA) is 74.8 Å². The van der Waals surface area contributed by atoms with Crippen LogP contribution in [-0.2, 0) is 13.0 Å². The van der Waals surface area contributed by atoms with E-state index in [0.29, 0.717) is 6.54 Å². The SMILES string of the molecule is CC(C)(C)Cc1csc(CNC(=N)N)n1. The summed E-state index contributed by atoms with van der Waals surface area (Å²) in [5.41, 5.74) is 6.58. The smallest absolute Gasteiger partial charge is 0.186 e. The van der Waals surface area contributed by atoms with Gasteiger partial charge in [-0.15, -0.1) is 11.3 Å². The summed E-state index contributed by atoms with van der Waals surface area (Å²) < 4.78 is 0. The second-order valence-corrected chi connectivity index (χ2v) is 5.68. The van der Waals surface area contributed by atoms with E-state index in [-0.39, 0.29) is 11.4 Å². The quantitative estimate of drug-likeness (QED) is 0.542. The maximum atomic E-state index is 7.04. The molecule has 0 aliphatic rings. The highest BCUT2D eigenvalue weighted by atomic mass is 32.1. The molecule has 0 aliphatic heterocycles. The van der Waals surface area contributed by atoms with Crippen LogP contribution < -0.4 is 11.1 Å². The summed E-state index contributed by atoms with van der Waals surface area (Å²) >= 11 is 1.61. The Labute approximate surface area is 94.4 Å². The Balaban J connectivity index is 2.53. The lowest BCUT2D eigenvalue weighted by Crippen LogP contribution is -2.29. The Morgan fingerprint density at radius 1 is 1.60 bits per heavy atom. The van der Waals surface area contributed by atoms with Crippen LogP contribution in [0.25, 0.3) is 0 Å². The van der Waals surface area contributed by atoms with E-state index in [0.717, 1.165) is 17.1 Å². The first kappa shape index (κ1) is 12.0. The molecule has 0 spiro atoms. The number of guanidine groups is 1. The Kier molecular flexibility index (Phi) is 3.68. The number of thiazole rings is 1. The molecule has 0 saturated heterocycles. The third kappa shape index (κ3) is 4.78. The maximum absolute atomic E-state index is 7.04. The monoisotopic (exact) mass is 226 g/mol. The normalized spacial score (nSPS) is 11.4. The van der Waals surface area contributed by atoms with Crippen molar-refractivity contribution in [1.29, 1.82) is 5.41 Å². The number of nitrogens with two attached hydrogens (primary N) is 1. The third-order valence-electron chi connectivity index (χ3n) is 1.74. The van der Waals surface area contributed by atoms with Gasteiger partial charge in [-0.1, -0.05) is 20.8 Å². The van der Waals surface area contributed by atoms with Gasteiger partial charge in [-0.05, 0) is 11.8 Å². The third-order valence-corrected chi connectivity index (χ3v) is 2.64. The fourth-order valence-electron chi connectivity index (χ4n) is 1.23. The van der Waals surface area contributed by atoms with E-state index >= 15 is 0 Å². The molecule has 0 amide bonds. The molecule has 0 atom stereocenters. The average molecular weight is 226 g/mol. The van der Waals surface area contributed by atoms with Crippen molar-refractivity contribution in [3.8, 4) is 0 Å². The zero-order valence-electron chi connectivity index (χ0n) is 9.42. The fraction of sp³-hybridized carbons (Fsp3) is 0.600. The molecule has 84 valence electrons. The van der Waals surface area contributed by atoms with Crippen molar-refractivity contribution in [1.82, 2.24) is 10.3 Å². The van der Waals surface area contributed by atoms with Gasteiger partial charge < -0.3 is 11.1 Å². The lowest BCUT2D eigenvalue weighted by Gasteiger charge is -2.15. The summed E-state index contributed by atoms with van der Waals surface area (Å²) in [5.74, 6) is -0.0115. The highest BCUT2D eigenvalue weighted by Crippen LogP contribution is 2.21. The molecular weight excluding hydrogens is 208 g/mol. The predicted molar refractivity (Wildman–Crippen MR) is 64.0 cm³/mol. The van der Waals surface area contributed by atoms with E-state index in [1.54, 1.807) is 11.3 Å². The van der Waals surface area contributed by atoms with Crippen molar-refractivity contribution < 1.29 is 0 Å². The van der Waals surface area contributed by atoms with Gasteiger partial charge in [0.2, 0.25) is 0 Å². The second-order valence-electron chi connectivity index (χ2n) is 4.74. The summed E-state index contributed by atoms with van der Waals surface area (Å²) in [6.45, 7) is 7.13. The molecule has 4 N–H and O–H groups in total. The number of nitrogens with zero attached hydrogens (tertiary/aromatic N) is 1. The van der Waals surface area contributed by atoms with Crippen LogP contribution in [0.5, 0.6) is 0 Å². The molecule has 0 unspecified atom stereocenters. The Morgan fingerprint density at radius 3 is 2.80 bits per heavy atom. The molecule has 0 bridgehead atoms. The number of hydrogen-bond acceptors (Lipinski definition) is 3. The van der Waals surface area contributed by atoms with E-state index in [1.807, 2.05) is 0 Å². The average Bonchev–Trinajstić information content (AvgIpc) is 2.45. The molecule has 0 aliphatic carbocycles. The first-order chi connectivity index (χ1) is 6.87. The van der Waals surface area contributed by atoms with Gasteiger partial charge >= 0.3 is 0 Å². The molecule has 1 aromatic rings. The Bertz CT molecular complexity index is 337. The summed E-state index contributed by atoms with van der Waals surface area (Å²) in [6.07, 6.45) is 0.976. The van der Waals surface area contributed by atoms with Gasteiger partial charge in [-0.3, -0.25) is 5.41 Å². The molecule has 4 nitrogen and oxygen atoms in total. The standard InChI is InChI=1S/C10H18N4S/c1-10(2,3)4-7-6-15-8(14-7)5-13-9(11)12/h6H,4-5H2,1-3H3,(H4,11,12,13). The summed E-state index contributed by atoms with van der Waals surface area (Å²) in [4.78, 5) is 4.47. The molecule has 1 rings (SSSR count). The summed E-state index contributed by atoms with van der Waals surface area (Å²) in [7, 11) is 0. The van der Waals surface area contributed by atoms with Crippen molar-refractivity contribution in [2.24, 2.45) is 11.1 Å². The van der Waals surface area contributed by atoms with Gasteiger partial charge in [0, 0.05) is 5.38 Å².